The smallest absolute Gasteiger partial charge is 0.229 e. The van der Waals surface area contributed by atoms with Gasteiger partial charge in [0.25, 0.3) is 0 Å². The lowest BCUT2D eigenvalue weighted by Crippen LogP contribution is -2.28. The second-order valence-electron chi connectivity index (χ2n) is 4.18. The van der Waals surface area contributed by atoms with Crippen LogP contribution in [0.5, 0.6) is 0 Å². The predicted molar refractivity (Wildman–Crippen MR) is 62.1 cm³/mol. The Kier molecular flexibility index (Phi) is 3.06. The van der Waals surface area contributed by atoms with Crippen LogP contribution in [0.4, 0.5) is 5.69 Å². The summed E-state index contributed by atoms with van der Waals surface area (Å²) in [6, 6.07) is 7.07. The van der Waals surface area contributed by atoms with Crippen molar-refractivity contribution >= 4 is 15.7 Å². The summed E-state index contributed by atoms with van der Waals surface area (Å²) in [5.74, 6) is 0. The van der Waals surface area contributed by atoms with E-state index in [1.807, 2.05) is 19.9 Å². The first kappa shape index (κ1) is 12.0. The maximum absolute atomic E-state index is 11.0. The molecule has 4 nitrogen and oxygen atoms in total. The normalized spacial score (nSPS) is 12.5. The van der Waals surface area contributed by atoms with Gasteiger partial charge in [-0.2, -0.15) is 0 Å². The van der Waals surface area contributed by atoms with Gasteiger partial charge in [0.2, 0.25) is 10.0 Å². The number of hydrogen-bond donors (Lipinski definition) is 2. The van der Waals surface area contributed by atoms with E-state index in [9.17, 15) is 8.42 Å². The molecule has 0 heterocycles. The van der Waals surface area contributed by atoms with E-state index in [0.29, 0.717) is 5.69 Å². The minimum Gasteiger partial charge on any atom is -0.322 e. The van der Waals surface area contributed by atoms with Crippen LogP contribution in [0.3, 0.4) is 0 Å². The van der Waals surface area contributed by atoms with E-state index in [0.717, 1.165) is 11.8 Å². The summed E-state index contributed by atoms with van der Waals surface area (Å²) >= 11 is 0. The van der Waals surface area contributed by atoms with Gasteiger partial charge in [0, 0.05) is 11.2 Å². The molecule has 0 amide bonds. The van der Waals surface area contributed by atoms with E-state index >= 15 is 0 Å². The molecule has 0 aliphatic heterocycles. The maximum atomic E-state index is 11.0. The fraction of sp³-hybridized carbons (Fsp3) is 0.400. The molecule has 0 bridgehead atoms. The minimum atomic E-state index is -3.23. The van der Waals surface area contributed by atoms with Crippen molar-refractivity contribution in [1.82, 2.24) is 0 Å². The molecule has 3 N–H and O–H groups in total. The zero-order valence-corrected chi connectivity index (χ0v) is 9.93. The summed E-state index contributed by atoms with van der Waals surface area (Å²) in [6.07, 6.45) is 1.12. The zero-order valence-electron chi connectivity index (χ0n) is 9.11. The van der Waals surface area contributed by atoms with E-state index in [-0.39, 0.29) is 0 Å². The molecule has 0 aromatic heterocycles. The summed E-state index contributed by atoms with van der Waals surface area (Å²) in [5.41, 5.74) is 6.86. The van der Waals surface area contributed by atoms with Gasteiger partial charge in [-0.15, -0.1) is 0 Å². The Labute approximate surface area is 90.5 Å². The lowest BCUT2D eigenvalue weighted by atomic mass is 9.95. The van der Waals surface area contributed by atoms with Crippen LogP contribution in [0.25, 0.3) is 0 Å². The highest BCUT2D eigenvalue weighted by Gasteiger charge is 2.14. The molecule has 0 saturated heterocycles. The predicted octanol–water partition coefficient (Wildman–Crippen LogP) is 1.25. The minimum absolute atomic E-state index is 0.477. The lowest BCUT2D eigenvalue weighted by Gasteiger charge is -2.19. The average molecular weight is 228 g/mol. The Morgan fingerprint density at radius 2 is 1.93 bits per heavy atom. The third kappa shape index (κ3) is 3.89. The van der Waals surface area contributed by atoms with E-state index in [1.54, 1.807) is 18.2 Å². The van der Waals surface area contributed by atoms with Gasteiger partial charge in [0.05, 0.1) is 6.26 Å². The number of sulfonamides is 1. The van der Waals surface area contributed by atoms with Gasteiger partial charge in [-0.3, -0.25) is 4.72 Å². The topological polar surface area (TPSA) is 72.2 Å². The average Bonchev–Trinajstić information content (AvgIpc) is 1.99. The third-order valence-electron chi connectivity index (χ3n) is 1.91. The van der Waals surface area contributed by atoms with Crippen molar-refractivity contribution in [1.29, 1.82) is 0 Å². The van der Waals surface area contributed by atoms with E-state index in [1.165, 1.54) is 0 Å². The largest absolute Gasteiger partial charge is 0.322 e. The highest BCUT2D eigenvalue weighted by Crippen LogP contribution is 2.20. The Morgan fingerprint density at radius 3 is 2.40 bits per heavy atom. The molecule has 1 aromatic rings. The van der Waals surface area contributed by atoms with Gasteiger partial charge in [-0.25, -0.2) is 8.42 Å². The van der Waals surface area contributed by atoms with Gasteiger partial charge in [0.15, 0.2) is 0 Å². The van der Waals surface area contributed by atoms with Crippen LogP contribution in [0.15, 0.2) is 24.3 Å². The monoisotopic (exact) mass is 228 g/mol. The molecule has 15 heavy (non-hydrogen) atoms. The molecule has 0 spiro atoms. The Morgan fingerprint density at radius 1 is 1.33 bits per heavy atom. The standard InChI is InChI=1S/C10H16N2O2S/c1-10(2,11)8-5-4-6-9(7-8)12-15(3,13)14/h4-7,12H,11H2,1-3H3. The SMILES string of the molecule is CC(C)(N)c1cccc(NS(C)(=O)=O)c1. The third-order valence-corrected chi connectivity index (χ3v) is 2.52. The van der Waals surface area contributed by atoms with Crippen molar-refractivity contribution in [3.8, 4) is 0 Å². The lowest BCUT2D eigenvalue weighted by molar-refractivity contribution is 0.554. The molecule has 0 unspecified atom stereocenters. The van der Waals surface area contributed by atoms with Crippen molar-refractivity contribution in [2.45, 2.75) is 19.4 Å². The fourth-order valence-corrected chi connectivity index (χ4v) is 1.75. The van der Waals surface area contributed by atoms with Crippen molar-refractivity contribution in [2.24, 2.45) is 5.73 Å². The maximum Gasteiger partial charge on any atom is 0.229 e. The molecule has 0 atom stereocenters. The second kappa shape index (κ2) is 3.83. The van der Waals surface area contributed by atoms with E-state index in [4.69, 9.17) is 5.73 Å². The van der Waals surface area contributed by atoms with Gasteiger partial charge in [-0.05, 0) is 31.5 Å². The Balaban J connectivity index is 3.04. The van der Waals surface area contributed by atoms with Crippen molar-refractivity contribution in [3.63, 3.8) is 0 Å². The van der Waals surface area contributed by atoms with Gasteiger partial charge in [-0.1, -0.05) is 12.1 Å². The van der Waals surface area contributed by atoms with Crippen LogP contribution in [0.2, 0.25) is 0 Å². The molecule has 0 aliphatic rings. The molecule has 1 aromatic carbocycles. The van der Waals surface area contributed by atoms with Crippen LogP contribution >= 0.6 is 0 Å². The number of nitrogens with one attached hydrogen (secondary N) is 1. The van der Waals surface area contributed by atoms with Crippen molar-refractivity contribution in [3.05, 3.63) is 29.8 Å². The quantitative estimate of drug-likeness (QED) is 0.818. The molecule has 5 heteroatoms. The first-order valence-corrected chi connectivity index (χ1v) is 6.45. The highest BCUT2D eigenvalue weighted by molar-refractivity contribution is 7.92. The number of anilines is 1. The molecule has 0 aliphatic carbocycles. The Hall–Kier alpha value is -1.07. The summed E-state index contributed by atoms with van der Waals surface area (Å²) < 4.78 is 24.4. The molecule has 0 saturated carbocycles. The summed E-state index contributed by atoms with van der Waals surface area (Å²) in [4.78, 5) is 0. The van der Waals surface area contributed by atoms with Crippen LogP contribution in [-0.2, 0) is 15.6 Å². The number of benzene rings is 1. The molecule has 0 radical (unpaired) electrons. The molecule has 0 fully saturated rings. The Bertz CT molecular complexity index is 447. The zero-order chi connectivity index (χ0) is 11.7. The summed E-state index contributed by atoms with van der Waals surface area (Å²) in [7, 11) is -3.23. The summed E-state index contributed by atoms with van der Waals surface area (Å²) in [6.45, 7) is 3.74. The second-order valence-corrected chi connectivity index (χ2v) is 5.93. The molecule has 84 valence electrons. The van der Waals surface area contributed by atoms with Crippen LogP contribution in [-0.4, -0.2) is 14.7 Å². The van der Waals surface area contributed by atoms with Crippen LogP contribution < -0.4 is 10.5 Å². The van der Waals surface area contributed by atoms with Gasteiger partial charge < -0.3 is 5.73 Å². The van der Waals surface area contributed by atoms with Crippen LogP contribution in [0.1, 0.15) is 19.4 Å². The van der Waals surface area contributed by atoms with Crippen LogP contribution in [0, 0.1) is 0 Å². The van der Waals surface area contributed by atoms with Gasteiger partial charge in [0.1, 0.15) is 0 Å². The van der Waals surface area contributed by atoms with E-state index in [2.05, 4.69) is 4.72 Å². The van der Waals surface area contributed by atoms with Crippen molar-refractivity contribution < 1.29 is 8.42 Å². The number of hydrogen-bond acceptors (Lipinski definition) is 3. The summed E-state index contributed by atoms with van der Waals surface area (Å²) in [5, 5.41) is 0. The number of rotatable bonds is 3. The first-order chi connectivity index (χ1) is 6.68. The molecular formula is C10H16N2O2S. The van der Waals surface area contributed by atoms with Crippen molar-refractivity contribution in [2.75, 3.05) is 11.0 Å². The van der Waals surface area contributed by atoms with Gasteiger partial charge >= 0.3 is 0 Å². The first-order valence-electron chi connectivity index (χ1n) is 4.56. The number of nitrogens with two attached hydrogens (primary N) is 1. The fourth-order valence-electron chi connectivity index (χ4n) is 1.20. The molecule has 1 rings (SSSR count). The van der Waals surface area contributed by atoms with E-state index < -0.39 is 15.6 Å². The highest BCUT2D eigenvalue weighted by atomic mass is 32.2. The molecular weight excluding hydrogens is 212 g/mol.